The molecule has 84 valence electrons. The van der Waals surface area contributed by atoms with E-state index < -0.39 is 5.41 Å². The molecule has 0 radical (unpaired) electrons. The van der Waals surface area contributed by atoms with Crippen LogP contribution in [0.5, 0.6) is 0 Å². The number of carbonyl (C=O) groups excluding carboxylic acids is 1. The predicted molar refractivity (Wildman–Crippen MR) is 54.8 cm³/mol. The molecule has 0 spiro atoms. The lowest BCUT2D eigenvalue weighted by Gasteiger charge is -2.30. The van der Waals surface area contributed by atoms with E-state index >= 15 is 0 Å². The van der Waals surface area contributed by atoms with Gasteiger partial charge in [-0.25, -0.2) is 0 Å². The average molecular weight is 203 g/mol. The maximum Gasteiger partial charge on any atom is 0.228 e. The van der Waals surface area contributed by atoms with E-state index in [1.807, 2.05) is 20.8 Å². The Morgan fingerprint density at radius 2 is 1.64 bits per heavy atom. The van der Waals surface area contributed by atoms with Gasteiger partial charge in [-0.15, -0.1) is 0 Å². The lowest BCUT2D eigenvalue weighted by atomic mass is 9.88. The molecule has 0 aliphatic heterocycles. The van der Waals surface area contributed by atoms with Crippen molar-refractivity contribution < 1.29 is 15.0 Å². The van der Waals surface area contributed by atoms with E-state index in [1.54, 1.807) is 0 Å². The minimum atomic E-state index is -0.412. The van der Waals surface area contributed by atoms with Crippen molar-refractivity contribution in [1.29, 1.82) is 0 Å². The molecule has 0 aromatic carbocycles. The zero-order valence-corrected chi connectivity index (χ0v) is 9.29. The standard InChI is InChI=1S/C10H21NO3/c1-4-10(2,3)9(14)11(5-7-12)6-8-13/h12-13H,4-8H2,1-3H3. The summed E-state index contributed by atoms with van der Waals surface area (Å²) in [5, 5.41) is 17.6. The highest BCUT2D eigenvalue weighted by molar-refractivity contribution is 5.81. The van der Waals surface area contributed by atoms with Crippen molar-refractivity contribution in [2.75, 3.05) is 26.3 Å². The van der Waals surface area contributed by atoms with Gasteiger partial charge in [-0.1, -0.05) is 20.8 Å². The highest BCUT2D eigenvalue weighted by Crippen LogP contribution is 2.22. The Labute approximate surface area is 85.5 Å². The van der Waals surface area contributed by atoms with Gasteiger partial charge < -0.3 is 15.1 Å². The Balaban J connectivity index is 4.41. The molecule has 0 atom stereocenters. The zero-order chi connectivity index (χ0) is 11.2. The molecular formula is C10H21NO3. The number of carbonyl (C=O) groups is 1. The second-order valence-electron chi connectivity index (χ2n) is 3.98. The van der Waals surface area contributed by atoms with E-state index in [1.165, 1.54) is 4.90 Å². The molecule has 0 aliphatic rings. The monoisotopic (exact) mass is 203 g/mol. The Hall–Kier alpha value is -0.610. The van der Waals surface area contributed by atoms with Crippen LogP contribution in [0.3, 0.4) is 0 Å². The van der Waals surface area contributed by atoms with Crippen molar-refractivity contribution in [2.24, 2.45) is 5.41 Å². The first-order chi connectivity index (χ1) is 6.49. The van der Waals surface area contributed by atoms with Crippen molar-refractivity contribution >= 4 is 5.91 Å². The number of aliphatic hydroxyl groups excluding tert-OH is 2. The molecule has 0 aromatic heterocycles. The predicted octanol–water partition coefficient (Wildman–Crippen LogP) is 0.236. The summed E-state index contributed by atoms with van der Waals surface area (Å²) in [6.45, 7) is 6.16. The Kier molecular flexibility index (Phi) is 5.72. The van der Waals surface area contributed by atoms with Gasteiger partial charge in [-0.2, -0.15) is 0 Å². The number of hydrogen-bond acceptors (Lipinski definition) is 3. The molecule has 0 fully saturated rings. The number of rotatable bonds is 6. The third-order valence-corrected chi connectivity index (χ3v) is 2.49. The van der Waals surface area contributed by atoms with Gasteiger partial charge >= 0.3 is 0 Å². The maximum absolute atomic E-state index is 11.9. The van der Waals surface area contributed by atoms with Crippen molar-refractivity contribution in [1.82, 2.24) is 4.90 Å². The number of aliphatic hydroxyl groups is 2. The third kappa shape index (κ3) is 3.64. The molecule has 1 amide bonds. The molecule has 2 N–H and O–H groups in total. The molecule has 4 nitrogen and oxygen atoms in total. The maximum atomic E-state index is 11.9. The van der Waals surface area contributed by atoms with Gasteiger partial charge in [0, 0.05) is 18.5 Å². The van der Waals surface area contributed by atoms with Crippen LogP contribution in [0.4, 0.5) is 0 Å². The first kappa shape index (κ1) is 13.4. The molecule has 4 heteroatoms. The smallest absolute Gasteiger partial charge is 0.228 e. The summed E-state index contributed by atoms with van der Waals surface area (Å²) in [5.74, 6) is -0.0110. The van der Waals surface area contributed by atoms with E-state index in [0.29, 0.717) is 13.1 Å². The summed E-state index contributed by atoms with van der Waals surface area (Å²) in [7, 11) is 0. The fourth-order valence-electron chi connectivity index (χ4n) is 1.14. The highest BCUT2D eigenvalue weighted by atomic mass is 16.3. The lowest BCUT2D eigenvalue weighted by molar-refractivity contribution is -0.141. The molecule has 0 aromatic rings. The van der Waals surface area contributed by atoms with Gasteiger partial charge in [-0.05, 0) is 6.42 Å². The van der Waals surface area contributed by atoms with Gasteiger partial charge in [0.15, 0.2) is 0 Å². The van der Waals surface area contributed by atoms with Crippen molar-refractivity contribution in [3.8, 4) is 0 Å². The quantitative estimate of drug-likeness (QED) is 0.650. The van der Waals surface area contributed by atoms with Crippen LogP contribution in [0.1, 0.15) is 27.2 Å². The van der Waals surface area contributed by atoms with Gasteiger partial charge in [-0.3, -0.25) is 4.79 Å². The van der Waals surface area contributed by atoms with Crippen molar-refractivity contribution in [3.63, 3.8) is 0 Å². The lowest BCUT2D eigenvalue weighted by Crippen LogP contribution is -2.43. The normalized spacial score (nSPS) is 11.5. The molecule has 0 unspecified atom stereocenters. The Morgan fingerprint density at radius 1 is 1.21 bits per heavy atom. The van der Waals surface area contributed by atoms with E-state index in [0.717, 1.165) is 6.42 Å². The van der Waals surface area contributed by atoms with Crippen molar-refractivity contribution in [2.45, 2.75) is 27.2 Å². The van der Waals surface area contributed by atoms with E-state index in [-0.39, 0.29) is 19.1 Å². The zero-order valence-electron chi connectivity index (χ0n) is 9.29. The van der Waals surface area contributed by atoms with Crippen LogP contribution in [0.25, 0.3) is 0 Å². The molecule has 0 saturated carbocycles. The van der Waals surface area contributed by atoms with Crippen molar-refractivity contribution in [3.05, 3.63) is 0 Å². The average Bonchev–Trinajstić information content (AvgIpc) is 2.16. The molecule has 0 bridgehead atoms. The number of nitrogens with zero attached hydrogens (tertiary/aromatic N) is 1. The summed E-state index contributed by atoms with van der Waals surface area (Å²) in [6, 6.07) is 0. The van der Waals surface area contributed by atoms with E-state index in [9.17, 15) is 4.79 Å². The SMILES string of the molecule is CCC(C)(C)C(=O)N(CCO)CCO. The van der Waals surface area contributed by atoms with Gasteiger partial charge in [0.1, 0.15) is 0 Å². The molecule has 0 rings (SSSR count). The summed E-state index contributed by atoms with van der Waals surface area (Å²) in [5.41, 5.74) is -0.412. The minimum Gasteiger partial charge on any atom is -0.395 e. The summed E-state index contributed by atoms with van der Waals surface area (Å²) in [4.78, 5) is 13.4. The van der Waals surface area contributed by atoms with Crippen LogP contribution in [-0.2, 0) is 4.79 Å². The topological polar surface area (TPSA) is 60.8 Å². The second kappa shape index (κ2) is 5.98. The van der Waals surface area contributed by atoms with E-state index in [2.05, 4.69) is 0 Å². The van der Waals surface area contributed by atoms with Crippen LogP contribution in [0.15, 0.2) is 0 Å². The number of amides is 1. The van der Waals surface area contributed by atoms with Crippen LogP contribution in [-0.4, -0.2) is 47.3 Å². The fraction of sp³-hybridized carbons (Fsp3) is 0.900. The van der Waals surface area contributed by atoms with Gasteiger partial charge in [0.05, 0.1) is 13.2 Å². The molecular weight excluding hydrogens is 182 g/mol. The second-order valence-corrected chi connectivity index (χ2v) is 3.98. The van der Waals surface area contributed by atoms with Gasteiger partial charge in [0.25, 0.3) is 0 Å². The summed E-state index contributed by atoms with van der Waals surface area (Å²) < 4.78 is 0. The van der Waals surface area contributed by atoms with Crippen LogP contribution < -0.4 is 0 Å². The highest BCUT2D eigenvalue weighted by Gasteiger charge is 2.29. The minimum absolute atomic E-state index is 0.0110. The van der Waals surface area contributed by atoms with Gasteiger partial charge in [0.2, 0.25) is 5.91 Å². The molecule has 0 saturated heterocycles. The third-order valence-electron chi connectivity index (χ3n) is 2.49. The fourth-order valence-corrected chi connectivity index (χ4v) is 1.14. The Bertz CT molecular complexity index is 174. The van der Waals surface area contributed by atoms with Crippen LogP contribution in [0, 0.1) is 5.41 Å². The first-order valence-electron chi connectivity index (χ1n) is 5.00. The van der Waals surface area contributed by atoms with Crippen LogP contribution in [0.2, 0.25) is 0 Å². The summed E-state index contributed by atoms with van der Waals surface area (Å²) >= 11 is 0. The molecule has 14 heavy (non-hydrogen) atoms. The molecule has 0 heterocycles. The summed E-state index contributed by atoms with van der Waals surface area (Å²) in [6.07, 6.45) is 0.749. The first-order valence-corrected chi connectivity index (χ1v) is 5.00. The Morgan fingerprint density at radius 3 is 1.93 bits per heavy atom. The number of hydrogen-bond donors (Lipinski definition) is 2. The van der Waals surface area contributed by atoms with E-state index in [4.69, 9.17) is 10.2 Å². The molecule has 0 aliphatic carbocycles. The largest absolute Gasteiger partial charge is 0.395 e. The van der Waals surface area contributed by atoms with Crippen LogP contribution >= 0.6 is 0 Å².